The predicted molar refractivity (Wildman–Crippen MR) is 113 cm³/mol. The number of carboxylic acid groups (broad SMARTS) is 1. The highest BCUT2D eigenvalue weighted by Crippen LogP contribution is 2.37. The normalized spacial score (nSPS) is 14.5. The summed E-state index contributed by atoms with van der Waals surface area (Å²) in [7, 11) is 0. The fourth-order valence-electron chi connectivity index (χ4n) is 3.34. The molecule has 1 atom stereocenters. The molecule has 0 radical (unpaired) electrons. The SMILES string of the molecule is O=C(O)Nc1ccc(F)cc1Nc1ncc([N+](=O)[O-])c(NC2CCOc3c(F)cccc32)n1. The van der Waals surface area contributed by atoms with Crippen LogP contribution in [0, 0.1) is 21.7 Å². The summed E-state index contributed by atoms with van der Waals surface area (Å²) >= 11 is 0. The average molecular weight is 458 g/mol. The van der Waals surface area contributed by atoms with E-state index in [0.29, 0.717) is 12.0 Å². The monoisotopic (exact) mass is 458 g/mol. The van der Waals surface area contributed by atoms with Crippen molar-refractivity contribution in [2.24, 2.45) is 0 Å². The molecule has 1 aliphatic rings. The van der Waals surface area contributed by atoms with Crippen LogP contribution in [-0.2, 0) is 0 Å². The van der Waals surface area contributed by atoms with E-state index in [1.807, 2.05) is 0 Å². The van der Waals surface area contributed by atoms with Gasteiger partial charge in [0.2, 0.25) is 11.8 Å². The van der Waals surface area contributed by atoms with Crippen molar-refractivity contribution in [2.45, 2.75) is 12.5 Å². The molecule has 170 valence electrons. The second-order valence-corrected chi connectivity index (χ2v) is 6.92. The Bertz CT molecular complexity index is 1240. The van der Waals surface area contributed by atoms with Crippen molar-refractivity contribution in [3.63, 3.8) is 0 Å². The van der Waals surface area contributed by atoms with E-state index in [1.165, 1.54) is 18.2 Å². The molecule has 0 saturated heterocycles. The van der Waals surface area contributed by atoms with Gasteiger partial charge in [-0.1, -0.05) is 12.1 Å². The minimum absolute atomic E-state index is 0.00399. The molecule has 2 aromatic carbocycles. The van der Waals surface area contributed by atoms with Crippen LogP contribution in [0.1, 0.15) is 18.0 Å². The lowest BCUT2D eigenvalue weighted by Crippen LogP contribution is -2.22. The van der Waals surface area contributed by atoms with Gasteiger partial charge in [0.15, 0.2) is 11.6 Å². The molecule has 1 amide bonds. The topological polar surface area (TPSA) is 152 Å². The van der Waals surface area contributed by atoms with Crippen molar-refractivity contribution in [3.8, 4) is 5.75 Å². The Balaban J connectivity index is 1.67. The molecule has 1 aromatic heterocycles. The fourth-order valence-corrected chi connectivity index (χ4v) is 3.34. The molecule has 4 rings (SSSR count). The molecule has 1 aliphatic heterocycles. The van der Waals surface area contributed by atoms with Crippen LogP contribution in [0.4, 0.5) is 42.4 Å². The van der Waals surface area contributed by atoms with E-state index in [2.05, 4.69) is 25.9 Å². The largest absolute Gasteiger partial charge is 0.490 e. The van der Waals surface area contributed by atoms with Gasteiger partial charge in [-0.15, -0.1) is 0 Å². The van der Waals surface area contributed by atoms with Gasteiger partial charge < -0.3 is 20.5 Å². The first-order valence-electron chi connectivity index (χ1n) is 9.57. The Hall–Kier alpha value is -4.55. The lowest BCUT2D eigenvalue weighted by Gasteiger charge is -2.27. The summed E-state index contributed by atoms with van der Waals surface area (Å²) < 4.78 is 33.2. The number of halogens is 2. The summed E-state index contributed by atoms with van der Waals surface area (Å²) in [5, 5.41) is 28.2. The second-order valence-electron chi connectivity index (χ2n) is 6.92. The summed E-state index contributed by atoms with van der Waals surface area (Å²) in [6, 6.07) is 7.12. The van der Waals surface area contributed by atoms with E-state index in [4.69, 9.17) is 9.84 Å². The first kappa shape index (κ1) is 21.7. The summed E-state index contributed by atoms with van der Waals surface area (Å²) in [6.07, 6.45) is -0.0358. The number of carbonyl (C=O) groups is 1. The Morgan fingerprint density at radius 3 is 2.82 bits per heavy atom. The van der Waals surface area contributed by atoms with Crippen molar-refractivity contribution < 1.29 is 28.3 Å². The molecule has 0 saturated carbocycles. The number of nitro groups is 1. The zero-order valence-corrected chi connectivity index (χ0v) is 16.7. The van der Waals surface area contributed by atoms with Gasteiger partial charge in [0.1, 0.15) is 12.0 Å². The van der Waals surface area contributed by atoms with Crippen LogP contribution in [-0.4, -0.2) is 32.7 Å². The van der Waals surface area contributed by atoms with E-state index in [-0.39, 0.29) is 35.5 Å². The highest BCUT2D eigenvalue weighted by molar-refractivity contribution is 5.89. The van der Waals surface area contributed by atoms with Gasteiger partial charge in [0, 0.05) is 12.0 Å². The third-order valence-electron chi connectivity index (χ3n) is 4.77. The molecule has 0 aliphatic carbocycles. The standard InChI is InChI=1S/C20H16F2N6O5/c21-10-4-5-14(26-20(29)30)15(8-10)25-19-23-9-16(28(31)32)18(27-19)24-13-6-7-33-17-11(13)2-1-3-12(17)22/h1-5,8-9,13,26H,6-7H2,(H,29,30)(H2,23,24,25,27). The summed E-state index contributed by atoms with van der Waals surface area (Å²) in [4.78, 5) is 29.8. The first-order chi connectivity index (χ1) is 15.8. The minimum atomic E-state index is -1.37. The third-order valence-corrected chi connectivity index (χ3v) is 4.77. The Kier molecular flexibility index (Phi) is 5.85. The van der Waals surface area contributed by atoms with Crippen molar-refractivity contribution in [1.29, 1.82) is 0 Å². The van der Waals surface area contributed by atoms with Gasteiger partial charge in [-0.3, -0.25) is 15.4 Å². The number of nitrogens with zero attached hydrogens (tertiary/aromatic N) is 3. The van der Waals surface area contributed by atoms with Gasteiger partial charge in [-0.2, -0.15) is 4.98 Å². The van der Waals surface area contributed by atoms with E-state index < -0.39 is 34.4 Å². The molecule has 33 heavy (non-hydrogen) atoms. The number of aromatic nitrogens is 2. The molecule has 3 aromatic rings. The maximum absolute atomic E-state index is 14.1. The molecule has 0 spiro atoms. The van der Waals surface area contributed by atoms with Gasteiger partial charge >= 0.3 is 11.8 Å². The van der Waals surface area contributed by atoms with Crippen LogP contribution in [0.2, 0.25) is 0 Å². The maximum atomic E-state index is 14.1. The lowest BCUT2D eigenvalue weighted by atomic mass is 10.0. The molecule has 1 unspecified atom stereocenters. The van der Waals surface area contributed by atoms with E-state index in [1.54, 1.807) is 6.07 Å². The molecule has 0 bridgehead atoms. The van der Waals surface area contributed by atoms with Gasteiger partial charge in [0.25, 0.3) is 0 Å². The van der Waals surface area contributed by atoms with Crippen molar-refractivity contribution in [1.82, 2.24) is 9.97 Å². The number of anilines is 4. The van der Waals surface area contributed by atoms with Crippen LogP contribution in [0.3, 0.4) is 0 Å². The van der Waals surface area contributed by atoms with Crippen LogP contribution in [0.5, 0.6) is 5.75 Å². The minimum Gasteiger partial charge on any atom is -0.490 e. The number of nitrogens with one attached hydrogen (secondary N) is 3. The van der Waals surface area contributed by atoms with Gasteiger partial charge in [-0.25, -0.2) is 18.6 Å². The quantitative estimate of drug-likeness (QED) is 0.310. The highest BCUT2D eigenvalue weighted by atomic mass is 19.1. The zero-order chi connectivity index (χ0) is 23.5. The Morgan fingerprint density at radius 2 is 2.06 bits per heavy atom. The number of benzene rings is 2. The zero-order valence-electron chi connectivity index (χ0n) is 16.7. The van der Waals surface area contributed by atoms with Crippen LogP contribution < -0.4 is 20.7 Å². The lowest BCUT2D eigenvalue weighted by molar-refractivity contribution is -0.384. The Morgan fingerprint density at radius 1 is 1.24 bits per heavy atom. The molecule has 4 N–H and O–H groups in total. The van der Waals surface area contributed by atoms with E-state index in [0.717, 1.165) is 18.3 Å². The molecular weight excluding hydrogens is 442 g/mol. The maximum Gasteiger partial charge on any atom is 0.409 e. The van der Waals surface area contributed by atoms with Gasteiger partial charge in [-0.05, 0) is 24.3 Å². The number of hydrogen-bond acceptors (Lipinski definition) is 8. The number of rotatable bonds is 6. The fraction of sp³-hybridized carbons (Fsp3) is 0.150. The van der Waals surface area contributed by atoms with Crippen molar-refractivity contribution in [3.05, 3.63) is 69.9 Å². The summed E-state index contributed by atoms with van der Waals surface area (Å²) in [6.45, 7) is 0.184. The number of hydrogen-bond donors (Lipinski definition) is 4. The first-order valence-corrected chi connectivity index (χ1v) is 9.57. The molecule has 0 fully saturated rings. The summed E-state index contributed by atoms with van der Waals surface area (Å²) in [5.74, 6) is -1.48. The molecule has 13 heteroatoms. The van der Waals surface area contributed by atoms with Crippen molar-refractivity contribution >= 4 is 34.9 Å². The van der Waals surface area contributed by atoms with Crippen LogP contribution in [0.25, 0.3) is 0 Å². The molecule has 11 nitrogen and oxygen atoms in total. The van der Waals surface area contributed by atoms with E-state index in [9.17, 15) is 23.7 Å². The Labute approximate surface area is 184 Å². The predicted octanol–water partition coefficient (Wildman–Crippen LogP) is 4.43. The van der Waals surface area contributed by atoms with Gasteiger partial charge in [0.05, 0.1) is 28.9 Å². The van der Waals surface area contributed by atoms with E-state index >= 15 is 0 Å². The average Bonchev–Trinajstić information content (AvgIpc) is 2.76. The van der Waals surface area contributed by atoms with Crippen molar-refractivity contribution in [2.75, 3.05) is 22.6 Å². The highest BCUT2D eigenvalue weighted by Gasteiger charge is 2.27. The van der Waals surface area contributed by atoms with Crippen LogP contribution >= 0.6 is 0 Å². The number of amides is 1. The van der Waals surface area contributed by atoms with Crippen LogP contribution in [0.15, 0.2) is 42.6 Å². The molecule has 2 heterocycles. The summed E-state index contributed by atoms with van der Waals surface area (Å²) in [5.41, 5.74) is 0.0553. The third kappa shape index (κ3) is 4.71. The molecular formula is C20H16F2N6O5. The number of fused-ring (bicyclic) bond motifs is 1. The second kappa shape index (κ2) is 8.90. The number of para-hydroxylation sites is 1. The smallest absolute Gasteiger partial charge is 0.409 e. The number of ether oxygens (including phenoxy) is 1.